The maximum atomic E-state index is 6.04. The second kappa shape index (κ2) is 8.63. The van der Waals surface area contributed by atoms with Crippen LogP contribution in [0.1, 0.15) is 23.3 Å². The minimum Gasteiger partial charge on any atom is -0.497 e. The molecule has 4 N–H and O–H groups in total. The van der Waals surface area contributed by atoms with Crippen molar-refractivity contribution in [2.75, 3.05) is 20.8 Å². The molecule has 5 rings (SSSR count). The van der Waals surface area contributed by atoms with Gasteiger partial charge in [0.25, 0.3) is 0 Å². The molecular formula is C25H26N4O3. The van der Waals surface area contributed by atoms with Gasteiger partial charge in [-0.1, -0.05) is 30.3 Å². The van der Waals surface area contributed by atoms with E-state index < -0.39 is 0 Å². The molecule has 0 saturated carbocycles. The number of hydrogen-bond acceptors (Lipinski definition) is 6. The van der Waals surface area contributed by atoms with E-state index in [1.54, 1.807) is 20.4 Å². The Morgan fingerprint density at radius 1 is 1.06 bits per heavy atom. The first-order chi connectivity index (χ1) is 15.7. The maximum absolute atomic E-state index is 6.04. The minimum atomic E-state index is -0.0871. The van der Waals surface area contributed by atoms with Crippen LogP contribution in [0.25, 0.3) is 22.0 Å². The number of nitrogens with two attached hydrogens (primary N) is 1. The van der Waals surface area contributed by atoms with E-state index in [1.807, 2.05) is 30.3 Å². The summed E-state index contributed by atoms with van der Waals surface area (Å²) in [6, 6.07) is 20.5. The fraction of sp³-hybridized carbons (Fsp3) is 0.240. The Kier molecular flexibility index (Phi) is 5.53. The molecule has 1 saturated heterocycles. The average molecular weight is 431 g/mol. The topological polar surface area (TPSA) is 97.7 Å². The minimum absolute atomic E-state index is 0.0176. The van der Waals surface area contributed by atoms with Crippen molar-refractivity contribution in [3.63, 3.8) is 0 Å². The molecule has 1 aliphatic heterocycles. The zero-order chi connectivity index (χ0) is 22.1. The predicted molar refractivity (Wildman–Crippen MR) is 124 cm³/mol. The van der Waals surface area contributed by atoms with Gasteiger partial charge in [-0.2, -0.15) is 5.10 Å². The highest BCUT2D eigenvalue weighted by atomic mass is 16.6. The van der Waals surface area contributed by atoms with Gasteiger partial charge in [-0.25, -0.2) is 0 Å². The van der Waals surface area contributed by atoms with Crippen LogP contribution in [0.15, 0.2) is 66.9 Å². The summed E-state index contributed by atoms with van der Waals surface area (Å²) in [5.74, 6) is 1.58. The van der Waals surface area contributed by atoms with Gasteiger partial charge in [0.2, 0.25) is 0 Å². The normalized spacial score (nSPS) is 18.5. The molecule has 3 aromatic carbocycles. The van der Waals surface area contributed by atoms with Crippen molar-refractivity contribution in [3.8, 4) is 22.6 Å². The van der Waals surface area contributed by atoms with Gasteiger partial charge in [-0.15, -0.1) is 0 Å². The molecule has 0 spiro atoms. The first kappa shape index (κ1) is 20.5. The molecule has 0 bridgehead atoms. The lowest BCUT2D eigenvalue weighted by Crippen LogP contribution is -2.30. The van der Waals surface area contributed by atoms with Crippen molar-refractivity contribution >= 4 is 10.9 Å². The lowest BCUT2D eigenvalue weighted by atomic mass is 10.00. The highest BCUT2D eigenvalue weighted by molar-refractivity contribution is 5.89. The van der Waals surface area contributed by atoms with Crippen molar-refractivity contribution in [3.05, 3.63) is 78.0 Å². The Balaban J connectivity index is 1.34. The van der Waals surface area contributed by atoms with Gasteiger partial charge in [0.15, 0.2) is 0 Å². The number of hydrogen-bond donors (Lipinski definition) is 3. The Hall–Kier alpha value is -3.39. The van der Waals surface area contributed by atoms with Gasteiger partial charge in [-0.3, -0.25) is 10.4 Å². The summed E-state index contributed by atoms with van der Waals surface area (Å²) in [5, 5.41) is 11.6. The SMILES string of the molecule is COc1cccc(C(CN)NC2OC2c2cccc(-c3cc(OC)c4[nH]ncc4c3)c2)c1. The van der Waals surface area contributed by atoms with Gasteiger partial charge >= 0.3 is 0 Å². The Morgan fingerprint density at radius 2 is 1.94 bits per heavy atom. The lowest BCUT2D eigenvalue weighted by molar-refractivity contribution is 0.328. The van der Waals surface area contributed by atoms with Gasteiger partial charge in [-0.05, 0) is 52.6 Å². The number of rotatable bonds is 8. The lowest BCUT2D eigenvalue weighted by Gasteiger charge is -2.16. The molecule has 0 radical (unpaired) electrons. The second-order valence-corrected chi connectivity index (χ2v) is 7.85. The fourth-order valence-corrected chi connectivity index (χ4v) is 4.10. The third kappa shape index (κ3) is 3.93. The molecule has 1 aliphatic rings. The van der Waals surface area contributed by atoms with Crippen LogP contribution in [0.2, 0.25) is 0 Å². The molecule has 0 amide bonds. The van der Waals surface area contributed by atoms with Crippen molar-refractivity contribution in [2.24, 2.45) is 5.73 Å². The monoisotopic (exact) mass is 430 g/mol. The molecule has 3 unspecified atom stereocenters. The van der Waals surface area contributed by atoms with Crippen molar-refractivity contribution in [1.29, 1.82) is 0 Å². The summed E-state index contributed by atoms with van der Waals surface area (Å²) in [6.07, 6.45) is 1.70. The quantitative estimate of drug-likeness (QED) is 0.367. The summed E-state index contributed by atoms with van der Waals surface area (Å²) in [6.45, 7) is 0.463. The van der Waals surface area contributed by atoms with Gasteiger partial charge in [0, 0.05) is 18.0 Å². The zero-order valence-electron chi connectivity index (χ0n) is 18.0. The van der Waals surface area contributed by atoms with Crippen LogP contribution in [0, 0.1) is 0 Å². The standard InChI is InChI=1S/C25H26N4O3/c1-30-20-8-4-6-16(11-20)21(13-26)28-25-24(32-25)17-7-3-5-15(9-17)18-10-19-14-27-29-23(19)22(12-18)31-2/h3-12,14,21,24-25,28H,13,26H2,1-2H3,(H,27,29). The number of H-pyrrole nitrogens is 1. The summed E-state index contributed by atoms with van der Waals surface area (Å²) in [4.78, 5) is 0. The van der Waals surface area contributed by atoms with E-state index in [1.165, 1.54) is 0 Å². The number of benzene rings is 3. The number of fused-ring (bicyclic) bond motifs is 1. The number of ether oxygens (including phenoxy) is 3. The number of aromatic nitrogens is 2. The Bertz CT molecular complexity index is 1240. The Morgan fingerprint density at radius 3 is 2.75 bits per heavy atom. The molecule has 3 atom stereocenters. The van der Waals surface area contributed by atoms with E-state index in [-0.39, 0.29) is 18.4 Å². The van der Waals surface area contributed by atoms with Crippen molar-refractivity contribution < 1.29 is 14.2 Å². The largest absolute Gasteiger partial charge is 0.497 e. The zero-order valence-corrected chi connectivity index (χ0v) is 18.0. The van der Waals surface area contributed by atoms with E-state index in [4.69, 9.17) is 19.9 Å². The summed E-state index contributed by atoms with van der Waals surface area (Å²) >= 11 is 0. The fourth-order valence-electron chi connectivity index (χ4n) is 4.10. The molecule has 0 aliphatic carbocycles. The third-order valence-electron chi connectivity index (χ3n) is 5.87. The molecule has 4 aromatic rings. The molecule has 1 aromatic heterocycles. The van der Waals surface area contributed by atoms with Crippen LogP contribution >= 0.6 is 0 Å². The van der Waals surface area contributed by atoms with Crippen LogP contribution in [-0.2, 0) is 4.74 Å². The number of aromatic amines is 1. The number of nitrogens with zero attached hydrogens (tertiary/aromatic N) is 1. The maximum Gasteiger partial charge on any atom is 0.145 e. The molecule has 1 fully saturated rings. The highest BCUT2D eigenvalue weighted by Crippen LogP contribution is 2.40. The van der Waals surface area contributed by atoms with Crippen LogP contribution in [0.3, 0.4) is 0 Å². The number of nitrogens with one attached hydrogen (secondary N) is 2. The smallest absolute Gasteiger partial charge is 0.145 e. The van der Waals surface area contributed by atoms with Crippen LogP contribution in [-0.4, -0.2) is 37.2 Å². The second-order valence-electron chi connectivity index (χ2n) is 7.85. The third-order valence-corrected chi connectivity index (χ3v) is 5.87. The van der Waals surface area contributed by atoms with E-state index in [0.717, 1.165) is 44.7 Å². The van der Waals surface area contributed by atoms with Crippen LogP contribution < -0.4 is 20.5 Å². The van der Waals surface area contributed by atoms with Gasteiger partial charge < -0.3 is 19.9 Å². The average Bonchev–Trinajstić information content (AvgIpc) is 3.46. The first-order valence-corrected chi connectivity index (χ1v) is 10.6. The molecular weight excluding hydrogens is 404 g/mol. The van der Waals surface area contributed by atoms with E-state index in [0.29, 0.717) is 6.54 Å². The Labute approximate surface area is 186 Å². The molecule has 164 valence electrons. The summed E-state index contributed by atoms with van der Waals surface area (Å²) in [5.41, 5.74) is 11.3. The van der Waals surface area contributed by atoms with Gasteiger partial charge in [0.1, 0.15) is 29.3 Å². The molecule has 7 heteroatoms. The van der Waals surface area contributed by atoms with E-state index >= 15 is 0 Å². The molecule has 32 heavy (non-hydrogen) atoms. The molecule has 7 nitrogen and oxygen atoms in total. The number of epoxide rings is 1. The van der Waals surface area contributed by atoms with Crippen molar-refractivity contribution in [1.82, 2.24) is 15.5 Å². The van der Waals surface area contributed by atoms with E-state index in [2.05, 4.69) is 45.8 Å². The van der Waals surface area contributed by atoms with Crippen LogP contribution in [0.5, 0.6) is 11.5 Å². The van der Waals surface area contributed by atoms with E-state index in [9.17, 15) is 0 Å². The van der Waals surface area contributed by atoms with Crippen molar-refractivity contribution in [2.45, 2.75) is 18.4 Å². The molecule has 2 heterocycles. The number of methoxy groups -OCH3 is 2. The summed E-state index contributed by atoms with van der Waals surface area (Å²) < 4.78 is 16.9. The summed E-state index contributed by atoms with van der Waals surface area (Å²) in [7, 11) is 3.33. The van der Waals surface area contributed by atoms with Gasteiger partial charge in [0.05, 0.1) is 20.4 Å². The highest BCUT2D eigenvalue weighted by Gasteiger charge is 2.41. The predicted octanol–water partition coefficient (Wildman–Crippen LogP) is 3.93. The van der Waals surface area contributed by atoms with Crippen LogP contribution in [0.4, 0.5) is 0 Å². The first-order valence-electron chi connectivity index (χ1n) is 10.6.